The molecule has 1 aliphatic carbocycles. The van der Waals surface area contributed by atoms with Gasteiger partial charge in [0.25, 0.3) is 5.56 Å². The summed E-state index contributed by atoms with van der Waals surface area (Å²) in [5.74, 6) is 0.275. The van der Waals surface area contributed by atoms with E-state index < -0.39 is 0 Å². The second-order valence-electron chi connectivity index (χ2n) is 5.20. The molecule has 1 amide bonds. The number of rotatable bonds is 4. The van der Waals surface area contributed by atoms with Gasteiger partial charge < -0.3 is 20.1 Å². The average molecular weight is 277 g/mol. The molecule has 108 valence electrons. The first-order chi connectivity index (χ1) is 9.75. The van der Waals surface area contributed by atoms with Crippen molar-refractivity contribution in [1.29, 1.82) is 0 Å². The maximum atomic E-state index is 12.1. The molecule has 1 aromatic heterocycles. The summed E-state index contributed by atoms with van der Waals surface area (Å²) in [4.78, 5) is 30.0. The summed E-state index contributed by atoms with van der Waals surface area (Å²) >= 11 is 0. The van der Waals surface area contributed by atoms with Crippen LogP contribution in [0.4, 0.5) is 5.82 Å². The minimum Gasteiger partial charge on any atom is -0.356 e. The molecular weight excluding hydrogens is 258 g/mol. The van der Waals surface area contributed by atoms with Crippen molar-refractivity contribution in [2.45, 2.75) is 18.9 Å². The fourth-order valence-corrected chi connectivity index (χ4v) is 2.37. The zero-order chi connectivity index (χ0) is 13.9. The number of amides is 1. The van der Waals surface area contributed by atoms with Crippen molar-refractivity contribution >= 4 is 11.7 Å². The van der Waals surface area contributed by atoms with Crippen molar-refractivity contribution < 1.29 is 4.79 Å². The largest absolute Gasteiger partial charge is 0.356 e. The number of aromatic nitrogens is 2. The van der Waals surface area contributed by atoms with Crippen molar-refractivity contribution in [3.05, 3.63) is 22.7 Å². The van der Waals surface area contributed by atoms with E-state index in [1.807, 2.05) is 0 Å². The van der Waals surface area contributed by atoms with E-state index >= 15 is 0 Å². The van der Waals surface area contributed by atoms with Gasteiger partial charge in [-0.3, -0.25) is 9.59 Å². The number of carbonyl (C=O) groups is 1. The molecule has 1 aliphatic heterocycles. The highest BCUT2D eigenvalue weighted by molar-refractivity contribution is 5.80. The molecule has 0 atom stereocenters. The number of hydrogen-bond donors (Lipinski definition) is 2. The van der Waals surface area contributed by atoms with Crippen molar-refractivity contribution in [3.63, 3.8) is 0 Å². The molecule has 0 bridgehead atoms. The lowest BCUT2D eigenvalue weighted by atomic mass is 10.3. The smallest absolute Gasteiger partial charge is 0.293 e. The van der Waals surface area contributed by atoms with Gasteiger partial charge in [0.2, 0.25) is 5.91 Å². The van der Waals surface area contributed by atoms with Crippen LogP contribution in [-0.2, 0) is 4.79 Å². The lowest BCUT2D eigenvalue weighted by Crippen LogP contribution is -2.48. The quantitative estimate of drug-likeness (QED) is 0.770. The maximum Gasteiger partial charge on any atom is 0.293 e. The first kappa shape index (κ1) is 13.1. The van der Waals surface area contributed by atoms with E-state index in [9.17, 15) is 9.59 Å². The molecule has 3 rings (SSSR count). The molecule has 0 spiro atoms. The van der Waals surface area contributed by atoms with Gasteiger partial charge in [0, 0.05) is 44.6 Å². The number of anilines is 1. The van der Waals surface area contributed by atoms with Crippen LogP contribution in [0, 0.1) is 0 Å². The highest BCUT2D eigenvalue weighted by Crippen LogP contribution is 2.33. The Balaban J connectivity index is 1.61. The first-order valence-electron chi connectivity index (χ1n) is 7.05. The zero-order valence-corrected chi connectivity index (χ0v) is 11.3. The lowest BCUT2D eigenvalue weighted by Gasteiger charge is -2.27. The van der Waals surface area contributed by atoms with Crippen LogP contribution in [0.25, 0.3) is 0 Å². The predicted octanol–water partition coefficient (Wildman–Crippen LogP) is -0.578. The maximum absolute atomic E-state index is 12.1. The minimum atomic E-state index is -0.136. The van der Waals surface area contributed by atoms with Crippen LogP contribution >= 0.6 is 0 Å². The standard InChI is InChI=1S/C13H19N5O2/c19-11(17-6-3-14-4-7-17)9-16-12-13(20)18(8-5-15-12)10-1-2-10/h5,8,10,14H,1-4,6-7,9H2,(H,15,16). The fourth-order valence-electron chi connectivity index (χ4n) is 2.37. The highest BCUT2D eigenvalue weighted by atomic mass is 16.2. The zero-order valence-electron chi connectivity index (χ0n) is 11.3. The second kappa shape index (κ2) is 5.62. The third-order valence-corrected chi connectivity index (χ3v) is 3.69. The van der Waals surface area contributed by atoms with Gasteiger partial charge in [-0.25, -0.2) is 4.98 Å². The summed E-state index contributed by atoms with van der Waals surface area (Å²) in [6.07, 6.45) is 5.41. The summed E-state index contributed by atoms with van der Waals surface area (Å²) in [5, 5.41) is 6.08. The summed E-state index contributed by atoms with van der Waals surface area (Å²) in [5.41, 5.74) is -0.136. The lowest BCUT2D eigenvalue weighted by molar-refractivity contribution is -0.129. The second-order valence-corrected chi connectivity index (χ2v) is 5.20. The van der Waals surface area contributed by atoms with Crippen LogP contribution in [0.5, 0.6) is 0 Å². The normalized spacial score (nSPS) is 18.9. The Labute approximate surface area is 117 Å². The van der Waals surface area contributed by atoms with Crippen LogP contribution in [0.15, 0.2) is 17.2 Å². The molecule has 2 aliphatic rings. The number of hydrogen-bond acceptors (Lipinski definition) is 5. The Hall–Kier alpha value is -1.89. The Morgan fingerprint density at radius 1 is 1.40 bits per heavy atom. The van der Waals surface area contributed by atoms with E-state index in [-0.39, 0.29) is 23.8 Å². The van der Waals surface area contributed by atoms with Crippen molar-refractivity contribution in [2.75, 3.05) is 38.0 Å². The van der Waals surface area contributed by atoms with Gasteiger partial charge in [-0.05, 0) is 12.8 Å². The van der Waals surface area contributed by atoms with Gasteiger partial charge in [0.1, 0.15) is 0 Å². The Bertz CT molecular complexity index is 546. The first-order valence-corrected chi connectivity index (χ1v) is 7.05. The summed E-state index contributed by atoms with van der Waals surface area (Å²) in [6.45, 7) is 3.20. The van der Waals surface area contributed by atoms with E-state index in [0.717, 1.165) is 39.0 Å². The van der Waals surface area contributed by atoms with Gasteiger partial charge in [-0.2, -0.15) is 0 Å². The molecule has 0 radical (unpaired) electrons. The molecule has 7 nitrogen and oxygen atoms in total. The van der Waals surface area contributed by atoms with E-state index in [1.165, 1.54) is 0 Å². The molecule has 2 fully saturated rings. The predicted molar refractivity (Wildman–Crippen MR) is 74.7 cm³/mol. The molecule has 1 saturated heterocycles. The molecule has 1 saturated carbocycles. The van der Waals surface area contributed by atoms with Gasteiger partial charge in [0.05, 0.1) is 6.54 Å². The van der Waals surface area contributed by atoms with Gasteiger partial charge in [0.15, 0.2) is 5.82 Å². The molecule has 2 heterocycles. The number of carbonyl (C=O) groups excluding carboxylic acids is 1. The molecule has 0 aromatic carbocycles. The number of nitrogens with one attached hydrogen (secondary N) is 2. The molecule has 2 N–H and O–H groups in total. The van der Waals surface area contributed by atoms with E-state index in [0.29, 0.717) is 6.04 Å². The highest BCUT2D eigenvalue weighted by Gasteiger charge is 2.25. The van der Waals surface area contributed by atoms with Crippen LogP contribution in [-0.4, -0.2) is 53.1 Å². The molecule has 0 unspecified atom stereocenters. The fraction of sp³-hybridized carbons (Fsp3) is 0.615. The van der Waals surface area contributed by atoms with Gasteiger partial charge >= 0.3 is 0 Å². The molecule has 1 aromatic rings. The minimum absolute atomic E-state index is 0.00882. The van der Waals surface area contributed by atoms with Crippen molar-refractivity contribution in [2.24, 2.45) is 0 Å². The Morgan fingerprint density at radius 2 is 2.15 bits per heavy atom. The third kappa shape index (κ3) is 2.82. The van der Waals surface area contributed by atoms with Crippen LogP contribution in [0.2, 0.25) is 0 Å². The van der Waals surface area contributed by atoms with Crippen molar-refractivity contribution in [1.82, 2.24) is 19.8 Å². The van der Waals surface area contributed by atoms with Crippen LogP contribution < -0.4 is 16.2 Å². The van der Waals surface area contributed by atoms with Crippen LogP contribution in [0.1, 0.15) is 18.9 Å². The molecular formula is C13H19N5O2. The van der Waals surface area contributed by atoms with E-state index in [2.05, 4.69) is 15.6 Å². The summed E-state index contributed by atoms with van der Waals surface area (Å²) in [6, 6.07) is 0.315. The number of piperazine rings is 1. The van der Waals surface area contributed by atoms with E-state index in [1.54, 1.807) is 21.9 Å². The summed E-state index contributed by atoms with van der Waals surface area (Å²) in [7, 11) is 0. The third-order valence-electron chi connectivity index (χ3n) is 3.69. The Kier molecular flexibility index (Phi) is 3.68. The average Bonchev–Trinajstić information content (AvgIpc) is 3.31. The van der Waals surface area contributed by atoms with Gasteiger partial charge in [-0.1, -0.05) is 0 Å². The van der Waals surface area contributed by atoms with Crippen molar-refractivity contribution in [3.8, 4) is 0 Å². The van der Waals surface area contributed by atoms with Gasteiger partial charge in [-0.15, -0.1) is 0 Å². The SMILES string of the molecule is O=C(CNc1nccn(C2CC2)c1=O)N1CCNCC1. The topological polar surface area (TPSA) is 79.3 Å². The van der Waals surface area contributed by atoms with E-state index in [4.69, 9.17) is 0 Å². The Morgan fingerprint density at radius 3 is 2.85 bits per heavy atom. The monoisotopic (exact) mass is 277 g/mol. The molecule has 20 heavy (non-hydrogen) atoms. The molecule has 7 heteroatoms. The summed E-state index contributed by atoms with van der Waals surface area (Å²) < 4.78 is 1.70. The van der Waals surface area contributed by atoms with Crippen LogP contribution in [0.3, 0.4) is 0 Å². The number of nitrogens with zero attached hydrogens (tertiary/aromatic N) is 3.